The Hall–Kier alpha value is -1.19. The summed E-state index contributed by atoms with van der Waals surface area (Å²) in [4.78, 5) is 4.14. The van der Waals surface area contributed by atoms with Gasteiger partial charge in [-0.3, -0.25) is 4.98 Å². The molecule has 1 unspecified atom stereocenters. The van der Waals surface area contributed by atoms with E-state index >= 15 is 0 Å². The highest BCUT2D eigenvalue weighted by Gasteiger charge is 2.12. The predicted octanol–water partition coefficient (Wildman–Crippen LogP) is 3.51. The van der Waals surface area contributed by atoms with Gasteiger partial charge in [0.2, 0.25) is 0 Å². The van der Waals surface area contributed by atoms with Gasteiger partial charge in [0.05, 0.1) is 6.04 Å². The third-order valence-corrected chi connectivity index (χ3v) is 3.82. The van der Waals surface area contributed by atoms with Crippen LogP contribution >= 0.6 is 15.9 Å². The first-order valence-corrected chi connectivity index (χ1v) is 6.31. The Bertz CT molecular complexity index is 537. The summed E-state index contributed by atoms with van der Waals surface area (Å²) in [5, 5.41) is 0. The van der Waals surface area contributed by atoms with Crippen LogP contribution in [0.1, 0.15) is 28.3 Å². The molecule has 2 aromatic rings. The Morgan fingerprint density at radius 3 is 2.59 bits per heavy atom. The number of hydrogen-bond acceptors (Lipinski definition) is 2. The largest absolute Gasteiger partial charge is 0.320 e. The number of halogens is 1. The predicted molar refractivity (Wildman–Crippen MR) is 73.9 cm³/mol. The first-order valence-electron chi connectivity index (χ1n) is 5.51. The van der Waals surface area contributed by atoms with Crippen molar-refractivity contribution in [1.29, 1.82) is 0 Å². The molecule has 0 spiro atoms. The van der Waals surface area contributed by atoms with Crippen molar-refractivity contribution in [2.24, 2.45) is 5.73 Å². The van der Waals surface area contributed by atoms with Gasteiger partial charge in [0.25, 0.3) is 0 Å². The van der Waals surface area contributed by atoms with Gasteiger partial charge >= 0.3 is 0 Å². The summed E-state index contributed by atoms with van der Waals surface area (Å²) in [5.41, 5.74) is 10.8. The third-order valence-electron chi connectivity index (χ3n) is 2.97. The van der Waals surface area contributed by atoms with Gasteiger partial charge in [0.15, 0.2) is 0 Å². The lowest BCUT2D eigenvalue weighted by atomic mass is 9.97. The highest BCUT2D eigenvalue weighted by Crippen LogP contribution is 2.25. The Balaban J connectivity index is 2.40. The summed E-state index contributed by atoms with van der Waals surface area (Å²) in [6.45, 7) is 4.12. The molecular formula is C14H15BrN2. The zero-order chi connectivity index (χ0) is 12.4. The van der Waals surface area contributed by atoms with E-state index in [9.17, 15) is 0 Å². The zero-order valence-electron chi connectivity index (χ0n) is 9.94. The maximum Gasteiger partial charge on any atom is 0.0569 e. The normalized spacial score (nSPS) is 12.5. The molecule has 0 aliphatic heterocycles. The van der Waals surface area contributed by atoms with E-state index in [-0.39, 0.29) is 6.04 Å². The quantitative estimate of drug-likeness (QED) is 0.919. The number of nitrogens with two attached hydrogens (primary N) is 1. The Kier molecular flexibility index (Phi) is 3.60. The van der Waals surface area contributed by atoms with Crippen molar-refractivity contribution in [3.05, 3.63) is 63.4 Å². The molecule has 88 valence electrons. The Morgan fingerprint density at radius 2 is 1.94 bits per heavy atom. The maximum atomic E-state index is 6.28. The number of nitrogens with zero attached hydrogens (tertiary/aromatic N) is 1. The highest BCUT2D eigenvalue weighted by atomic mass is 79.9. The number of pyridine rings is 1. The van der Waals surface area contributed by atoms with E-state index in [2.05, 4.69) is 53.0 Å². The van der Waals surface area contributed by atoms with E-state index < -0.39 is 0 Å². The lowest BCUT2D eigenvalue weighted by molar-refractivity contribution is 0.851. The van der Waals surface area contributed by atoms with E-state index in [1.807, 2.05) is 12.3 Å². The minimum absolute atomic E-state index is 0.124. The zero-order valence-corrected chi connectivity index (χ0v) is 11.5. The molecule has 1 aromatic carbocycles. The molecule has 17 heavy (non-hydrogen) atoms. The van der Waals surface area contributed by atoms with Crippen LogP contribution in [0, 0.1) is 13.8 Å². The summed E-state index contributed by atoms with van der Waals surface area (Å²) >= 11 is 3.53. The molecule has 0 amide bonds. The summed E-state index contributed by atoms with van der Waals surface area (Å²) in [5.74, 6) is 0. The fraction of sp³-hybridized carbons (Fsp3) is 0.214. The summed E-state index contributed by atoms with van der Waals surface area (Å²) in [7, 11) is 0. The average Bonchev–Trinajstić information content (AvgIpc) is 2.32. The van der Waals surface area contributed by atoms with Crippen LogP contribution in [0.3, 0.4) is 0 Å². The van der Waals surface area contributed by atoms with E-state index in [0.717, 1.165) is 15.6 Å². The van der Waals surface area contributed by atoms with Crippen LogP contribution in [0.25, 0.3) is 0 Å². The van der Waals surface area contributed by atoms with Crippen LogP contribution in [0.4, 0.5) is 0 Å². The first kappa shape index (κ1) is 12.3. The maximum absolute atomic E-state index is 6.28. The van der Waals surface area contributed by atoms with Crippen molar-refractivity contribution >= 4 is 15.9 Å². The highest BCUT2D eigenvalue weighted by molar-refractivity contribution is 9.10. The minimum atomic E-state index is -0.124. The molecule has 3 heteroatoms. The number of hydrogen-bond donors (Lipinski definition) is 1. The molecule has 0 radical (unpaired) electrons. The van der Waals surface area contributed by atoms with E-state index in [4.69, 9.17) is 5.73 Å². The molecule has 0 bridgehead atoms. The second-order valence-electron chi connectivity index (χ2n) is 4.22. The minimum Gasteiger partial charge on any atom is -0.320 e. The average molecular weight is 291 g/mol. The van der Waals surface area contributed by atoms with Crippen molar-refractivity contribution in [2.75, 3.05) is 0 Å². The van der Waals surface area contributed by atoms with E-state index in [1.54, 1.807) is 6.20 Å². The molecule has 0 saturated carbocycles. The van der Waals surface area contributed by atoms with Gasteiger partial charge in [0, 0.05) is 16.9 Å². The molecule has 2 N–H and O–H groups in total. The Labute approximate surface area is 110 Å². The van der Waals surface area contributed by atoms with Crippen molar-refractivity contribution in [3.8, 4) is 0 Å². The van der Waals surface area contributed by atoms with Gasteiger partial charge in [-0.2, -0.15) is 0 Å². The number of benzene rings is 1. The Morgan fingerprint density at radius 1 is 1.18 bits per heavy atom. The molecule has 0 fully saturated rings. The van der Waals surface area contributed by atoms with Crippen LogP contribution in [0.2, 0.25) is 0 Å². The molecular weight excluding hydrogens is 276 g/mol. The van der Waals surface area contributed by atoms with Gasteiger partial charge in [0.1, 0.15) is 0 Å². The third kappa shape index (κ3) is 2.56. The van der Waals surface area contributed by atoms with Crippen molar-refractivity contribution < 1.29 is 0 Å². The van der Waals surface area contributed by atoms with E-state index in [0.29, 0.717) is 0 Å². The smallest absolute Gasteiger partial charge is 0.0569 e. The van der Waals surface area contributed by atoms with Crippen LogP contribution in [0.15, 0.2) is 41.1 Å². The second kappa shape index (κ2) is 4.98. The van der Waals surface area contributed by atoms with Gasteiger partial charge in [-0.05, 0) is 48.2 Å². The summed E-state index contributed by atoms with van der Waals surface area (Å²) < 4.78 is 1.09. The summed E-state index contributed by atoms with van der Waals surface area (Å²) in [6, 6.07) is 8.08. The number of rotatable bonds is 2. The van der Waals surface area contributed by atoms with Crippen LogP contribution < -0.4 is 5.73 Å². The standard InChI is InChI=1S/C14H15BrN2/c1-9-5-6-17-8-12(9)14(16)11-4-3-10(2)13(15)7-11/h3-8,14H,16H2,1-2H3. The lowest BCUT2D eigenvalue weighted by Gasteiger charge is -2.15. The first-order chi connectivity index (χ1) is 8.09. The van der Waals surface area contributed by atoms with E-state index in [1.165, 1.54) is 11.1 Å². The number of aryl methyl sites for hydroxylation is 2. The lowest BCUT2D eigenvalue weighted by Crippen LogP contribution is -2.13. The van der Waals surface area contributed by atoms with Crippen LogP contribution in [-0.4, -0.2) is 4.98 Å². The molecule has 2 nitrogen and oxygen atoms in total. The van der Waals surface area contributed by atoms with Gasteiger partial charge in [-0.1, -0.05) is 28.1 Å². The van der Waals surface area contributed by atoms with Gasteiger partial charge in [-0.25, -0.2) is 0 Å². The fourth-order valence-corrected chi connectivity index (χ4v) is 2.18. The SMILES string of the molecule is Cc1ccc(C(N)c2cnccc2C)cc1Br. The van der Waals surface area contributed by atoms with Crippen molar-refractivity contribution in [3.63, 3.8) is 0 Å². The van der Waals surface area contributed by atoms with Gasteiger partial charge in [-0.15, -0.1) is 0 Å². The van der Waals surface area contributed by atoms with Crippen molar-refractivity contribution in [2.45, 2.75) is 19.9 Å². The summed E-state index contributed by atoms with van der Waals surface area (Å²) in [6.07, 6.45) is 3.63. The molecule has 2 rings (SSSR count). The molecule has 0 aliphatic carbocycles. The van der Waals surface area contributed by atoms with Crippen LogP contribution in [0.5, 0.6) is 0 Å². The molecule has 1 atom stereocenters. The van der Waals surface area contributed by atoms with Crippen molar-refractivity contribution in [1.82, 2.24) is 4.98 Å². The van der Waals surface area contributed by atoms with Gasteiger partial charge < -0.3 is 5.73 Å². The molecule has 0 saturated heterocycles. The monoisotopic (exact) mass is 290 g/mol. The molecule has 1 aromatic heterocycles. The second-order valence-corrected chi connectivity index (χ2v) is 5.07. The fourth-order valence-electron chi connectivity index (χ4n) is 1.78. The molecule has 0 aliphatic rings. The number of aromatic nitrogens is 1. The van der Waals surface area contributed by atoms with Crippen LogP contribution in [-0.2, 0) is 0 Å². The molecule has 1 heterocycles. The topological polar surface area (TPSA) is 38.9 Å².